The number of pyridine rings is 1. The highest BCUT2D eigenvalue weighted by Gasteiger charge is 2.05. The van der Waals surface area contributed by atoms with Crippen LogP contribution in [0.3, 0.4) is 0 Å². The molecule has 0 aliphatic carbocycles. The fraction of sp³-hybridized carbons (Fsp3) is 0.143. The maximum absolute atomic E-state index is 11.9. The number of nitrogens with one attached hydrogen (secondary N) is 2. The topological polar surface area (TPSA) is 80.0 Å². The SMILES string of the molecule is NNc1cc(C(=O)NCCc2ccc(Cl)cc2)ccn1. The third-order valence-electron chi connectivity index (χ3n) is 2.78. The molecule has 4 N–H and O–H groups in total. The second-order valence-electron chi connectivity index (χ2n) is 4.21. The van der Waals surface area contributed by atoms with Gasteiger partial charge >= 0.3 is 0 Å². The summed E-state index contributed by atoms with van der Waals surface area (Å²) in [5.74, 6) is 5.55. The van der Waals surface area contributed by atoms with E-state index < -0.39 is 0 Å². The Labute approximate surface area is 122 Å². The Bertz CT molecular complexity index is 586. The molecule has 1 aromatic carbocycles. The second kappa shape index (κ2) is 6.88. The largest absolute Gasteiger partial charge is 0.352 e. The van der Waals surface area contributed by atoms with E-state index in [1.807, 2.05) is 24.3 Å². The number of carbonyl (C=O) groups is 1. The number of rotatable bonds is 5. The Morgan fingerprint density at radius 2 is 2.00 bits per heavy atom. The Morgan fingerprint density at radius 1 is 1.25 bits per heavy atom. The van der Waals surface area contributed by atoms with Crippen molar-refractivity contribution in [3.05, 3.63) is 58.7 Å². The summed E-state index contributed by atoms with van der Waals surface area (Å²) < 4.78 is 0. The molecule has 0 unspecified atom stereocenters. The molecule has 20 heavy (non-hydrogen) atoms. The molecule has 0 radical (unpaired) electrons. The average Bonchev–Trinajstić information content (AvgIpc) is 2.49. The standard InChI is InChI=1S/C14H15ClN4O/c15-12-3-1-10(2-4-12)5-7-18-14(20)11-6-8-17-13(9-11)19-16/h1-4,6,8-9H,5,7,16H2,(H,17,19)(H,18,20). The molecule has 6 heteroatoms. The van der Waals surface area contributed by atoms with Gasteiger partial charge in [0, 0.05) is 23.3 Å². The van der Waals surface area contributed by atoms with Crippen LogP contribution in [0, 0.1) is 0 Å². The molecule has 0 bridgehead atoms. The molecule has 0 saturated heterocycles. The number of benzene rings is 1. The first kappa shape index (κ1) is 14.3. The van der Waals surface area contributed by atoms with E-state index in [0.29, 0.717) is 22.9 Å². The Hall–Kier alpha value is -2.11. The number of hydrazine groups is 1. The summed E-state index contributed by atoms with van der Waals surface area (Å²) in [4.78, 5) is 15.9. The van der Waals surface area contributed by atoms with Gasteiger partial charge < -0.3 is 10.7 Å². The van der Waals surface area contributed by atoms with Gasteiger partial charge in [0.2, 0.25) is 0 Å². The zero-order valence-corrected chi connectivity index (χ0v) is 11.5. The number of anilines is 1. The Morgan fingerprint density at radius 3 is 2.70 bits per heavy atom. The van der Waals surface area contributed by atoms with Gasteiger partial charge in [0.15, 0.2) is 0 Å². The molecule has 1 aromatic heterocycles. The number of nitrogens with zero attached hydrogens (tertiary/aromatic N) is 1. The minimum absolute atomic E-state index is 0.155. The van der Waals surface area contributed by atoms with E-state index in [1.54, 1.807) is 12.1 Å². The zero-order chi connectivity index (χ0) is 14.4. The van der Waals surface area contributed by atoms with Crippen molar-refractivity contribution in [3.63, 3.8) is 0 Å². The van der Waals surface area contributed by atoms with Gasteiger partial charge in [-0.3, -0.25) is 4.79 Å². The molecule has 0 atom stereocenters. The molecule has 0 saturated carbocycles. The third-order valence-corrected chi connectivity index (χ3v) is 3.03. The Kier molecular flexibility index (Phi) is 4.92. The van der Waals surface area contributed by atoms with E-state index >= 15 is 0 Å². The quantitative estimate of drug-likeness (QED) is 0.581. The van der Waals surface area contributed by atoms with E-state index in [-0.39, 0.29) is 5.91 Å². The first-order valence-corrected chi connectivity index (χ1v) is 6.52. The van der Waals surface area contributed by atoms with Crippen molar-refractivity contribution in [2.24, 2.45) is 5.84 Å². The molecule has 2 rings (SSSR count). The van der Waals surface area contributed by atoms with Crippen molar-refractivity contribution in [2.45, 2.75) is 6.42 Å². The van der Waals surface area contributed by atoms with E-state index in [9.17, 15) is 4.79 Å². The molecule has 0 fully saturated rings. The maximum Gasteiger partial charge on any atom is 0.251 e. The minimum atomic E-state index is -0.155. The van der Waals surface area contributed by atoms with Crippen molar-refractivity contribution in [1.82, 2.24) is 10.3 Å². The minimum Gasteiger partial charge on any atom is -0.352 e. The van der Waals surface area contributed by atoms with Crippen molar-refractivity contribution < 1.29 is 4.79 Å². The molecule has 0 spiro atoms. The second-order valence-corrected chi connectivity index (χ2v) is 4.64. The average molecular weight is 291 g/mol. The van der Waals surface area contributed by atoms with Crippen LogP contribution in [-0.2, 0) is 6.42 Å². The van der Waals surface area contributed by atoms with Gasteiger partial charge in [-0.2, -0.15) is 0 Å². The summed E-state index contributed by atoms with van der Waals surface area (Å²) in [6.45, 7) is 0.550. The van der Waals surface area contributed by atoms with Crippen molar-refractivity contribution >= 4 is 23.3 Å². The van der Waals surface area contributed by atoms with E-state index in [1.165, 1.54) is 6.20 Å². The van der Waals surface area contributed by atoms with Crippen molar-refractivity contribution in [3.8, 4) is 0 Å². The smallest absolute Gasteiger partial charge is 0.251 e. The van der Waals surface area contributed by atoms with Crippen molar-refractivity contribution in [1.29, 1.82) is 0 Å². The zero-order valence-electron chi connectivity index (χ0n) is 10.8. The van der Waals surface area contributed by atoms with Crippen LogP contribution in [0.4, 0.5) is 5.82 Å². The maximum atomic E-state index is 11.9. The van der Waals surface area contributed by atoms with Gasteiger partial charge in [0.25, 0.3) is 5.91 Å². The predicted octanol–water partition coefficient (Wildman–Crippen LogP) is 1.99. The summed E-state index contributed by atoms with van der Waals surface area (Å²) >= 11 is 5.81. The number of nitrogens with two attached hydrogens (primary N) is 1. The normalized spacial score (nSPS) is 10.1. The van der Waals surface area contributed by atoms with Gasteiger partial charge in [0.05, 0.1) is 0 Å². The number of hydrogen-bond donors (Lipinski definition) is 3. The molecule has 1 amide bonds. The highest BCUT2D eigenvalue weighted by Crippen LogP contribution is 2.10. The van der Waals surface area contributed by atoms with Crippen LogP contribution < -0.4 is 16.6 Å². The summed E-state index contributed by atoms with van der Waals surface area (Å²) in [6, 6.07) is 10.8. The van der Waals surface area contributed by atoms with Gasteiger partial charge in [-0.15, -0.1) is 0 Å². The van der Waals surface area contributed by atoms with E-state index in [0.717, 1.165) is 12.0 Å². The van der Waals surface area contributed by atoms with Gasteiger partial charge in [-0.1, -0.05) is 23.7 Å². The predicted molar refractivity (Wildman–Crippen MR) is 79.5 cm³/mol. The monoisotopic (exact) mass is 290 g/mol. The summed E-state index contributed by atoms with van der Waals surface area (Å²) in [6.07, 6.45) is 2.28. The van der Waals surface area contributed by atoms with Gasteiger partial charge in [0.1, 0.15) is 5.82 Å². The molecule has 104 valence electrons. The molecular formula is C14H15ClN4O. The van der Waals surface area contributed by atoms with Gasteiger partial charge in [-0.25, -0.2) is 10.8 Å². The third kappa shape index (κ3) is 3.94. The fourth-order valence-corrected chi connectivity index (χ4v) is 1.85. The number of nitrogen functional groups attached to an aromatic ring is 1. The molecule has 0 aliphatic rings. The van der Waals surface area contributed by atoms with E-state index in [4.69, 9.17) is 17.4 Å². The van der Waals surface area contributed by atoms with Crippen LogP contribution in [0.2, 0.25) is 5.02 Å². The summed E-state index contributed by atoms with van der Waals surface area (Å²) in [7, 11) is 0. The molecule has 1 heterocycles. The van der Waals surface area contributed by atoms with Crippen molar-refractivity contribution in [2.75, 3.05) is 12.0 Å². The first-order chi connectivity index (χ1) is 9.69. The van der Waals surface area contributed by atoms with Crippen LogP contribution in [0.25, 0.3) is 0 Å². The number of carbonyl (C=O) groups excluding carboxylic acids is 1. The first-order valence-electron chi connectivity index (χ1n) is 6.14. The van der Waals surface area contributed by atoms with Crippen LogP contribution in [0.1, 0.15) is 15.9 Å². The molecule has 0 aliphatic heterocycles. The molecule has 5 nitrogen and oxygen atoms in total. The van der Waals surface area contributed by atoms with Crippen LogP contribution in [-0.4, -0.2) is 17.4 Å². The summed E-state index contributed by atoms with van der Waals surface area (Å²) in [5, 5.41) is 3.55. The highest BCUT2D eigenvalue weighted by atomic mass is 35.5. The lowest BCUT2D eigenvalue weighted by atomic mass is 10.1. The van der Waals surface area contributed by atoms with E-state index in [2.05, 4.69) is 15.7 Å². The van der Waals surface area contributed by atoms with Crippen LogP contribution in [0.15, 0.2) is 42.6 Å². The van der Waals surface area contributed by atoms with Crippen LogP contribution >= 0.6 is 11.6 Å². The van der Waals surface area contributed by atoms with Gasteiger partial charge in [-0.05, 0) is 36.2 Å². The number of amides is 1. The molecule has 2 aromatic rings. The lowest BCUT2D eigenvalue weighted by Gasteiger charge is -2.06. The number of hydrogen-bond acceptors (Lipinski definition) is 4. The lowest BCUT2D eigenvalue weighted by molar-refractivity contribution is 0.0954. The number of aromatic nitrogens is 1. The molecular weight excluding hydrogens is 276 g/mol. The van der Waals surface area contributed by atoms with Crippen LogP contribution in [0.5, 0.6) is 0 Å². The number of halogens is 1. The fourth-order valence-electron chi connectivity index (χ4n) is 1.72. The lowest BCUT2D eigenvalue weighted by Crippen LogP contribution is -2.26. The summed E-state index contributed by atoms with van der Waals surface area (Å²) in [5.41, 5.74) is 4.04. The highest BCUT2D eigenvalue weighted by molar-refractivity contribution is 6.30. The Balaban J connectivity index is 1.87.